The third-order valence-corrected chi connectivity index (χ3v) is 3.75. The van der Waals surface area contributed by atoms with Crippen LogP contribution in [0.5, 0.6) is 0 Å². The SMILES string of the molecule is CCNC(c1ccccc1C)c1snnc1C. The molecule has 1 heterocycles. The molecule has 2 aromatic rings. The fraction of sp³-hybridized carbons (Fsp3) is 0.385. The molecule has 0 aliphatic carbocycles. The largest absolute Gasteiger partial charge is 0.306 e. The molecule has 0 saturated heterocycles. The fourth-order valence-corrected chi connectivity index (χ4v) is 2.70. The van der Waals surface area contributed by atoms with Crippen LogP contribution in [0.3, 0.4) is 0 Å². The molecule has 1 aromatic heterocycles. The maximum atomic E-state index is 4.10. The summed E-state index contributed by atoms with van der Waals surface area (Å²) in [5, 5.41) is 7.62. The highest BCUT2D eigenvalue weighted by molar-refractivity contribution is 7.05. The van der Waals surface area contributed by atoms with E-state index in [1.165, 1.54) is 27.5 Å². The second kappa shape index (κ2) is 5.38. The van der Waals surface area contributed by atoms with E-state index >= 15 is 0 Å². The molecule has 2 rings (SSSR count). The molecule has 0 fully saturated rings. The van der Waals surface area contributed by atoms with Crippen molar-refractivity contribution < 1.29 is 0 Å². The van der Waals surface area contributed by atoms with Gasteiger partial charge in [-0.1, -0.05) is 35.7 Å². The van der Waals surface area contributed by atoms with E-state index < -0.39 is 0 Å². The van der Waals surface area contributed by atoms with Crippen LogP contribution in [0, 0.1) is 13.8 Å². The number of aryl methyl sites for hydroxylation is 2. The number of hydrogen-bond donors (Lipinski definition) is 1. The van der Waals surface area contributed by atoms with Crippen molar-refractivity contribution >= 4 is 11.5 Å². The van der Waals surface area contributed by atoms with Crippen LogP contribution >= 0.6 is 11.5 Å². The molecule has 17 heavy (non-hydrogen) atoms. The lowest BCUT2D eigenvalue weighted by atomic mass is 9.99. The average molecular weight is 247 g/mol. The van der Waals surface area contributed by atoms with Crippen LogP contribution in [0.4, 0.5) is 0 Å². The molecule has 4 heteroatoms. The molecule has 0 saturated carbocycles. The molecule has 0 aliphatic heterocycles. The number of nitrogens with zero attached hydrogens (tertiary/aromatic N) is 2. The molecule has 0 bridgehead atoms. The van der Waals surface area contributed by atoms with E-state index in [1.807, 2.05) is 6.92 Å². The first kappa shape index (κ1) is 12.2. The van der Waals surface area contributed by atoms with Gasteiger partial charge in [0.05, 0.1) is 16.6 Å². The standard InChI is InChI=1S/C13H17N3S/c1-4-14-12(13-10(3)15-16-17-13)11-8-6-5-7-9(11)2/h5-8,12,14H,4H2,1-3H3. The van der Waals surface area contributed by atoms with E-state index in [4.69, 9.17) is 0 Å². The summed E-state index contributed by atoms with van der Waals surface area (Å²) >= 11 is 1.48. The van der Waals surface area contributed by atoms with Gasteiger partial charge in [0.1, 0.15) is 0 Å². The van der Waals surface area contributed by atoms with Crippen molar-refractivity contribution in [2.75, 3.05) is 6.54 Å². The molecule has 0 amide bonds. The van der Waals surface area contributed by atoms with Crippen molar-refractivity contribution in [3.63, 3.8) is 0 Å². The summed E-state index contributed by atoms with van der Waals surface area (Å²) in [6.45, 7) is 7.20. The van der Waals surface area contributed by atoms with Gasteiger partial charge in [0, 0.05) is 0 Å². The van der Waals surface area contributed by atoms with Crippen molar-refractivity contribution in [1.82, 2.24) is 14.9 Å². The first-order valence-corrected chi connectivity index (χ1v) is 6.59. The highest BCUT2D eigenvalue weighted by Crippen LogP contribution is 2.28. The van der Waals surface area contributed by atoms with Gasteiger partial charge in [0.25, 0.3) is 0 Å². The fourth-order valence-electron chi connectivity index (χ4n) is 1.96. The maximum Gasteiger partial charge on any atom is 0.0776 e. The van der Waals surface area contributed by atoms with E-state index in [9.17, 15) is 0 Å². The molecular weight excluding hydrogens is 230 g/mol. The molecule has 3 nitrogen and oxygen atoms in total. The second-order valence-electron chi connectivity index (χ2n) is 4.07. The van der Waals surface area contributed by atoms with Gasteiger partial charge >= 0.3 is 0 Å². The van der Waals surface area contributed by atoms with Gasteiger partial charge in [0.2, 0.25) is 0 Å². The zero-order valence-electron chi connectivity index (χ0n) is 10.4. The van der Waals surface area contributed by atoms with Crippen molar-refractivity contribution in [2.24, 2.45) is 0 Å². The summed E-state index contributed by atoms with van der Waals surface area (Å²) in [5.41, 5.74) is 3.62. The number of aromatic nitrogens is 2. The quantitative estimate of drug-likeness (QED) is 0.902. The first-order valence-electron chi connectivity index (χ1n) is 5.81. The molecule has 90 valence electrons. The van der Waals surface area contributed by atoms with E-state index in [0.29, 0.717) is 0 Å². The van der Waals surface area contributed by atoms with Crippen LogP contribution < -0.4 is 5.32 Å². The summed E-state index contributed by atoms with van der Waals surface area (Å²) in [6.07, 6.45) is 0. The first-order chi connectivity index (χ1) is 8.24. The van der Waals surface area contributed by atoms with Crippen LogP contribution in [0.25, 0.3) is 0 Å². The normalized spacial score (nSPS) is 12.6. The van der Waals surface area contributed by atoms with Crippen molar-refractivity contribution in [2.45, 2.75) is 26.8 Å². The predicted molar refractivity (Wildman–Crippen MR) is 71.3 cm³/mol. The summed E-state index contributed by atoms with van der Waals surface area (Å²) in [4.78, 5) is 1.21. The Morgan fingerprint density at radius 2 is 2.06 bits per heavy atom. The Kier molecular flexibility index (Phi) is 3.86. The van der Waals surface area contributed by atoms with Crippen LogP contribution in [-0.2, 0) is 0 Å². The van der Waals surface area contributed by atoms with Crippen LogP contribution in [-0.4, -0.2) is 16.1 Å². The lowest BCUT2D eigenvalue weighted by molar-refractivity contribution is 0.632. The monoisotopic (exact) mass is 247 g/mol. The number of nitrogens with one attached hydrogen (secondary N) is 1. The smallest absolute Gasteiger partial charge is 0.0776 e. The van der Waals surface area contributed by atoms with E-state index in [2.05, 4.69) is 53.0 Å². The minimum atomic E-state index is 0.209. The number of rotatable bonds is 4. The van der Waals surface area contributed by atoms with E-state index in [0.717, 1.165) is 12.2 Å². The second-order valence-corrected chi connectivity index (χ2v) is 4.86. The minimum absolute atomic E-state index is 0.209. The van der Waals surface area contributed by atoms with Crippen LogP contribution in [0.2, 0.25) is 0 Å². The van der Waals surface area contributed by atoms with E-state index in [-0.39, 0.29) is 6.04 Å². The minimum Gasteiger partial charge on any atom is -0.306 e. The lowest BCUT2D eigenvalue weighted by Crippen LogP contribution is -2.22. The van der Waals surface area contributed by atoms with Crippen molar-refractivity contribution in [3.8, 4) is 0 Å². The third-order valence-electron chi connectivity index (χ3n) is 2.86. The van der Waals surface area contributed by atoms with Gasteiger partial charge < -0.3 is 5.32 Å². The Balaban J connectivity index is 2.43. The topological polar surface area (TPSA) is 37.8 Å². The van der Waals surface area contributed by atoms with Gasteiger partial charge in [-0.2, -0.15) is 0 Å². The van der Waals surface area contributed by atoms with Gasteiger partial charge in [-0.25, -0.2) is 0 Å². The Morgan fingerprint density at radius 1 is 1.29 bits per heavy atom. The zero-order valence-corrected chi connectivity index (χ0v) is 11.2. The molecule has 0 spiro atoms. The van der Waals surface area contributed by atoms with Crippen LogP contribution in [0.15, 0.2) is 24.3 Å². The van der Waals surface area contributed by atoms with Gasteiger partial charge in [0.15, 0.2) is 0 Å². The highest BCUT2D eigenvalue weighted by atomic mass is 32.1. The molecule has 0 radical (unpaired) electrons. The number of benzene rings is 1. The molecule has 1 N–H and O–H groups in total. The lowest BCUT2D eigenvalue weighted by Gasteiger charge is -2.19. The Labute approximate surface area is 106 Å². The summed E-state index contributed by atoms with van der Waals surface area (Å²) in [6, 6.07) is 8.67. The van der Waals surface area contributed by atoms with Gasteiger partial charge in [-0.05, 0) is 43.1 Å². The molecule has 0 aliphatic rings. The predicted octanol–water partition coefficient (Wildman–Crippen LogP) is 2.85. The van der Waals surface area contributed by atoms with Crippen molar-refractivity contribution in [3.05, 3.63) is 46.0 Å². The summed E-state index contributed by atoms with van der Waals surface area (Å²) < 4.78 is 4.03. The average Bonchev–Trinajstić information content (AvgIpc) is 2.74. The summed E-state index contributed by atoms with van der Waals surface area (Å²) in [5.74, 6) is 0. The third kappa shape index (κ3) is 2.53. The van der Waals surface area contributed by atoms with Gasteiger partial charge in [-0.3, -0.25) is 0 Å². The zero-order chi connectivity index (χ0) is 12.3. The molecule has 1 atom stereocenters. The van der Waals surface area contributed by atoms with Crippen LogP contribution in [0.1, 0.15) is 34.7 Å². The highest BCUT2D eigenvalue weighted by Gasteiger charge is 2.19. The Morgan fingerprint density at radius 3 is 2.65 bits per heavy atom. The Hall–Kier alpha value is -1.26. The molecule has 1 unspecified atom stereocenters. The number of hydrogen-bond acceptors (Lipinski definition) is 4. The molecular formula is C13H17N3S. The van der Waals surface area contributed by atoms with E-state index in [1.54, 1.807) is 0 Å². The summed E-state index contributed by atoms with van der Waals surface area (Å²) in [7, 11) is 0. The maximum absolute atomic E-state index is 4.10. The Bertz CT molecular complexity index is 493. The molecule has 1 aromatic carbocycles. The van der Waals surface area contributed by atoms with Gasteiger partial charge in [-0.15, -0.1) is 5.10 Å². The van der Waals surface area contributed by atoms with Crippen molar-refractivity contribution in [1.29, 1.82) is 0 Å².